The number of carbonyl (C=O) groups excluding carboxylic acids is 1. The summed E-state index contributed by atoms with van der Waals surface area (Å²) in [7, 11) is 0. The number of piperidine rings is 1. The molecule has 2 aromatic carbocycles. The first-order chi connectivity index (χ1) is 19.0. The Hall–Kier alpha value is -3.70. The van der Waals surface area contributed by atoms with E-state index in [2.05, 4.69) is 45.6 Å². The van der Waals surface area contributed by atoms with Gasteiger partial charge in [-0.25, -0.2) is 9.78 Å². The molecule has 0 bridgehead atoms. The number of nitrogens with zero attached hydrogens (tertiary/aromatic N) is 4. The molecule has 0 aliphatic carbocycles. The summed E-state index contributed by atoms with van der Waals surface area (Å²) in [6.45, 7) is 5.13. The second-order valence-electron chi connectivity index (χ2n) is 10.6. The van der Waals surface area contributed by atoms with Crippen molar-refractivity contribution in [1.29, 1.82) is 5.26 Å². The van der Waals surface area contributed by atoms with E-state index in [4.69, 9.17) is 21.6 Å². The van der Waals surface area contributed by atoms with Gasteiger partial charge in [0.15, 0.2) is 0 Å². The van der Waals surface area contributed by atoms with Crippen molar-refractivity contribution in [2.75, 3.05) is 31.1 Å². The summed E-state index contributed by atoms with van der Waals surface area (Å²) < 4.78 is 5.72. The molecule has 6 rings (SSSR count). The van der Waals surface area contributed by atoms with Gasteiger partial charge in [0, 0.05) is 36.9 Å². The monoisotopic (exact) mass is 539 g/mol. The number of anilines is 1. The van der Waals surface area contributed by atoms with Crippen molar-refractivity contribution in [3.63, 3.8) is 0 Å². The number of pyridine rings is 1. The second-order valence-corrected chi connectivity index (χ2v) is 11.0. The molecule has 4 heterocycles. The lowest BCUT2D eigenvalue weighted by Gasteiger charge is -2.39. The smallest absolute Gasteiger partial charge is 0.322 e. The number of rotatable bonds is 5. The number of likely N-dealkylation sites (tertiary alicyclic amines) is 1. The third kappa shape index (κ3) is 5.28. The van der Waals surface area contributed by atoms with Crippen molar-refractivity contribution in [2.24, 2.45) is 0 Å². The van der Waals surface area contributed by atoms with Gasteiger partial charge in [-0.3, -0.25) is 9.80 Å². The highest BCUT2D eigenvalue weighted by atomic mass is 35.5. The molecule has 0 unspecified atom stereocenters. The van der Waals surface area contributed by atoms with Gasteiger partial charge in [0.1, 0.15) is 5.15 Å². The van der Waals surface area contributed by atoms with E-state index in [1.807, 2.05) is 35.2 Å². The Kier molecular flexibility index (Phi) is 7.09. The minimum atomic E-state index is -0.0901. The van der Waals surface area contributed by atoms with Gasteiger partial charge in [-0.15, -0.1) is 0 Å². The van der Waals surface area contributed by atoms with Crippen molar-refractivity contribution in [3.8, 4) is 6.07 Å². The number of urea groups is 1. The lowest BCUT2D eigenvalue weighted by molar-refractivity contribution is 0.134. The molecule has 39 heavy (non-hydrogen) atoms. The molecule has 7 nitrogen and oxygen atoms in total. The molecule has 3 aliphatic rings. The number of hydrogen-bond acceptors (Lipinski definition) is 5. The average molecular weight is 540 g/mol. The normalized spacial score (nSPS) is 17.8. The molecular weight excluding hydrogens is 510 g/mol. The number of nitriles is 1. The number of fused-ring (bicyclic) bond motifs is 3. The van der Waals surface area contributed by atoms with Crippen molar-refractivity contribution in [2.45, 2.75) is 38.0 Å². The van der Waals surface area contributed by atoms with Gasteiger partial charge in [0.2, 0.25) is 0 Å². The van der Waals surface area contributed by atoms with Crippen LogP contribution in [0.25, 0.3) is 6.08 Å². The Labute approximate surface area is 233 Å². The van der Waals surface area contributed by atoms with E-state index < -0.39 is 0 Å². The summed E-state index contributed by atoms with van der Waals surface area (Å²) in [5, 5.41) is 12.5. The summed E-state index contributed by atoms with van der Waals surface area (Å²) in [6, 6.07) is 17.8. The number of halogens is 1. The molecule has 0 atom stereocenters. The molecule has 0 radical (unpaired) electrons. The van der Waals surface area contributed by atoms with E-state index in [0.717, 1.165) is 49.3 Å². The van der Waals surface area contributed by atoms with Crippen molar-refractivity contribution in [1.82, 2.24) is 15.2 Å². The minimum Gasteiger partial charge on any atom is -0.372 e. The fourth-order valence-electron chi connectivity index (χ4n) is 5.94. The summed E-state index contributed by atoms with van der Waals surface area (Å²) >= 11 is 6.03. The fraction of sp³-hybridized carbons (Fsp3) is 0.323. The van der Waals surface area contributed by atoms with Crippen molar-refractivity contribution in [3.05, 3.63) is 99.3 Å². The molecule has 1 N–H and O–H groups in total. The number of aromatic nitrogens is 1. The molecule has 3 aromatic rings. The van der Waals surface area contributed by atoms with Gasteiger partial charge in [-0.1, -0.05) is 42.0 Å². The van der Waals surface area contributed by atoms with Gasteiger partial charge < -0.3 is 10.1 Å². The zero-order chi connectivity index (χ0) is 26.8. The van der Waals surface area contributed by atoms with Gasteiger partial charge >= 0.3 is 6.03 Å². The Morgan fingerprint density at radius 1 is 1.13 bits per heavy atom. The summed E-state index contributed by atoms with van der Waals surface area (Å²) in [5.74, 6) is 0. The largest absolute Gasteiger partial charge is 0.372 e. The summed E-state index contributed by atoms with van der Waals surface area (Å²) in [4.78, 5) is 21.9. The Balaban J connectivity index is 1.15. The molecule has 1 fully saturated rings. The lowest BCUT2D eigenvalue weighted by Crippen LogP contribution is -2.47. The number of amides is 2. The van der Waals surface area contributed by atoms with Crippen LogP contribution < -0.4 is 10.2 Å². The zero-order valence-corrected chi connectivity index (χ0v) is 22.5. The minimum absolute atomic E-state index is 0.0579. The van der Waals surface area contributed by atoms with Crippen LogP contribution in [0.15, 0.2) is 60.8 Å². The van der Waals surface area contributed by atoms with Gasteiger partial charge in [0.25, 0.3) is 0 Å². The van der Waals surface area contributed by atoms with E-state index in [1.165, 1.54) is 16.7 Å². The molecular formula is C31H30ClN5O2. The first kappa shape index (κ1) is 25.6. The van der Waals surface area contributed by atoms with Crippen LogP contribution in [0, 0.1) is 11.3 Å². The highest BCUT2D eigenvalue weighted by Gasteiger charge is 2.47. The molecule has 1 saturated heterocycles. The van der Waals surface area contributed by atoms with E-state index in [-0.39, 0.29) is 11.4 Å². The maximum absolute atomic E-state index is 13.5. The van der Waals surface area contributed by atoms with Crippen LogP contribution in [0.1, 0.15) is 46.2 Å². The number of benzene rings is 2. The van der Waals surface area contributed by atoms with Crippen molar-refractivity contribution >= 4 is 29.4 Å². The maximum atomic E-state index is 13.5. The highest BCUT2D eigenvalue weighted by Crippen LogP contribution is 2.48. The van der Waals surface area contributed by atoms with E-state index >= 15 is 0 Å². The molecule has 198 valence electrons. The standard InChI is InChI=1S/C31H30ClN5O2/c32-29-14-24(7-10-34-29)18-35-30(38)37-21-31(27-15-25-19-39-20-26(25)16-28(27)37)8-12-36(13-9-31)11-1-2-22-3-5-23(17-33)6-4-22/h1-7,10,14-16H,8-9,11-13,18-21H2,(H,35,38). The maximum Gasteiger partial charge on any atom is 0.322 e. The topological polar surface area (TPSA) is 81.5 Å². The van der Waals surface area contributed by atoms with Gasteiger partial charge in [-0.05, 0) is 84.1 Å². The third-order valence-corrected chi connectivity index (χ3v) is 8.37. The van der Waals surface area contributed by atoms with Crippen LogP contribution in [0.2, 0.25) is 5.15 Å². The highest BCUT2D eigenvalue weighted by molar-refractivity contribution is 6.29. The second kappa shape index (κ2) is 10.8. The number of ether oxygens (including phenoxy) is 1. The number of carbonyl (C=O) groups is 1. The van der Waals surface area contributed by atoms with Crippen molar-refractivity contribution < 1.29 is 9.53 Å². The first-order valence-corrected chi connectivity index (χ1v) is 13.7. The third-order valence-electron chi connectivity index (χ3n) is 8.16. The Bertz CT molecular complexity index is 1450. The number of hydrogen-bond donors (Lipinski definition) is 1. The van der Waals surface area contributed by atoms with Gasteiger partial charge in [0.05, 0.1) is 24.8 Å². The molecule has 1 aromatic heterocycles. The molecule has 0 saturated carbocycles. The fourth-order valence-corrected chi connectivity index (χ4v) is 6.14. The Morgan fingerprint density at radius 3 is 2.64 bits per heavy atom. The first-order valence-electron chi connectivity index (χ1n) is 13.3. The van der Waals surface area contributed by atoms with E-state index in [0.29, 0.717) is 37.0 Å². The number of nitrogens with one attached hydrogen (secondary N) is 1. The van der Waals surface area contributed by atoms with E-state index in [9.17, 15) is 4.79 Å². The molecule has 2 amide bonds. The van der Waals surface area contributed by atoms with Crippen LogP contribution in [0.5, 0.6) is 0 Å². The van der Waals surface area contributed by atoms with Crippen LogP contribution in [0.4, 0.5) is 10.5 Å². The molecule has 3 aliphatic heterocycles. The Morgan fingerprint density at radius 2 is 1.90 bits per heavy atom. The summed E-state index contributed by atoms with van der Waals surface area (Å²) in [6.07, 6.45) is 7.95. The zero-order valence-electron chi connectivity index (χ0n) is 21.7. The van der Waals surface area contributed by atoms with Crippen LogP contribution in [-0.2, 0) is 29.9 Å². The quantitative estimate of drug-likeness (QED) is 0.438. The predicted octanol–water partition coefficient (Wildman–Crippen LogP) is 5.41. The molecule has 8 heteroatoms. The van der Waals surface area contributed by atoms with Crippen LogP contribution in [0.3, 0.4) is 0 Å². The van der Waals surface area contributed by atoms with E-state index in [1.54, 1.807) is 12.3 Å². The SMILES string of the molecule is N#Cc1ccc(C=CCN2CCC3(CC2)CN(C(=O)NCc2ccnc(Cl)c2)c2cc4c(cc23)COC4)cc1. The van der Waals surface area contributed by atoms with Crippen LogP contribution >= 0.6 is 11.6 Å². The average Bonchev–Trinajstić information content (AvgIpc) is 3.54. The summed E-state index contributed by atoms with van der Waals surface area (Å²) in [5.41, 5.74) is 7.34. The molecule has 1 spiro atoms. The predicted molar refractivity (Wildman–Crippen MR) is 151 cm³/mol. The van der Waals surface area contributed by atoms with Gasteiger partial charge in [-0.2, -0.15) is 5.26 Å². The lowest BCUT2D eigenvalue weighted by atomic mass is 9.73. The van der Waals surface area contributed by atoms with Crippen LogP contribution in [-0.4, -0.2) is 42.1 Å².